The van der Waals surface area contributed by atoms with E-state index in [4.69, 9.17) is 13.9 Å². The Morgan fingerprint density at radius 2 is 1.83 bits per heavy atom. The van der Waals surface area contributed by atoms with Crippen LogP contribution >= 0.6 is 0 Å². The van der Waals surface area contributed by atoms with E-state index in [0.29, 0.717) is 62.2 Å². The van der Waals surface area contributed by atoms with Gasteiger partial charge in [0.1, 0.15) is 6.04 Å². The Balaban J connectivity index is 1.15. The highest BCUT2D eigenvalue weighted by atomic mass is 16.7. The summed E-state index contributed by atoms with van der Waals surface area (Å²) in [5, 5.41) is 5.50. The first kappa shape index (κ1) is 23.7. The van der Waals surface area contributed by atoms with E-state index < -0.39 is 11.9 Å². The van der Waals surface area contributed by atoms with Crippen LogP contribution in [0.2, 0.25) is 0 Å². The molecule has 190 valence electrons. The van der Waals surface area contributed by atoms with Gasteiger partial charge in [-0.1, -0.05) is 0 Å². The molecule has 12 heteroatoms. The second-order valence-electron chi connectivity index (χ2n) is 8.76. The molecule has 0 saturated carbocycles. The molecule has 2 fully saturated rings. The van der Waals surface area contributed by atoms with Gasteiger partial charge in [-0.15, -0.1) is 0 Å². The maximum absolute atomic E-state index is 13.1. The molecule has 4 heterocycles. The quantitative estimate of drug-likeness (QED) is 0.575. The molecule has 4 amide bonds. The molecule has 12 nitrogen and oxygen atoms in total. The number of nitrogens with one attached hydrogen (secondary N) is 2. The van der Waals surface area contributed by atoms with Crippen molar-refractivity contribution < 1.29 is 33.1 Å². The third kappa shape index (κ3) is 5.13. The average molecular weight is 498 g/mol. The number of carbonyl (C=O) groups excluding carboxylic acids is 4. The van der Waals surface area contributed by atoms with Crippen molar-refractivity contribution in [3.05, 3.63) is 42.4 Å². The number of furan rings is 1. The molecule has 0 bridgehead atoms. The number of nitrogens with zero attached hydrogens (tertiary/aromatic N) is 3. The van der Waals surface area contributed by atoms with Gasteiger partial charge in [0, 0.05) is 51.0 Å². The molecule has 1 unspecified atom stereocenters. The van der Waals surface area contributed by atoms with Crippen molar-refractivity contribution >= 4 is 29.3 Å². The fraction of sp³-hybridized carbons (Fsp3) is 0.417. The Morgan fingerprint density at radius 3 is 2.61 bits per heavy atom. The molecule has 0 radical (unpaired) electrons. The minimum absolute atomic E-state index is 0.107. The molecule has 1 atom stereocenters. The molecule has 0 aliphatic carbocycles. The largest absolute Gasteiger partial charge is 0.459 e. The molecule has 1 aromatic carbocycles. The van der Waals surface area contributed by atoms with Gasteiger partial charge in [-0.2, -0.15) is 0 Å². The lowest BCUT2D eigenvalue weighted by Gasteiger charge is -2.38. The normalized spacial score (nSPS) is 19.7. The number of hydrogen-bond donors (Lipinski definition) is 2. The second-order valence-corrected chi connectivity index (χ2v) is 8.76. The van der Waals surface area contributed by atoms with Crippen molar-refractivity contribution in [3.8, 4) is 11.5 Å². The van der Waals surface area contributed by atoms with E-state index >= 15 is 0 Å². The third-order valence-electron chi connectivity index (χ3n) is 6.44. The van der Waals surface area contributed by atoms with E-state index in [0.717, 1.165) is 0 Å². The summed E-state index contributed by atoms with van der Waals surface area (Å²) < 4.78 is 15.8. The molecule has 2 saturated heterocycles. The van der Waals surface area contributed by atoms with Crippen LogP contribution in [0.5, 0.6) is 11.5 Å². The maximum Gasteiger partial charge on any atom is 0.289 e. The third-order valence-corrected chi connectivity index (χ3v) is 6.44. The summed E-state index contributed by atoms with van der Waals surface area (Å²) in [7, 11) is 0. The van der Waals surface area contributed by atoms with Gasteiger partial charge in [0.25, 0.3) is 5.91 Å². The van der Waals surface area contributed by atoms with E-state index in [9.17, 15) is 19.2 Å². The first-order valence-corrected chi connectivity index (χ1v) is 11.8. The van der Waals surface area contributed by atoms with Gasteiger partial charge in [0.2, 0.25) is 24.5 Å². The summed E-state index contributed by atoms with van der Waals surface area (Å²) in [5.74, 6) is 0.279. The van der Waals surface area contributed by atoms with E-state index in [2.05, 4.69) is 10.6 Å². The van der Waals surface area contributed by atoms with Crippen LogP contribution in [0.3, 0.4) is 0 Å². The van der Waals surface area contributed by atoms with Gasteiger partial charge in [-0.3, -0.25) is 24.1 Å². The first-order valence-electron chi connectivity index (χ1n) is 11.8. The van der Waals surface area contributed by atoms with E-state index in [-0.39, 0.29) is 37.5 Å². The number of carbonyl (C=O) groups is 4. The monoisotopic (exact) mass is 497 g/mol. The number of amides is 4. The molecular formula is C24H27N5O7. The Bertz CT molecular complexity index is 1140. The predicted octanol–water partition coefficient (Wildman–Crippen LogP) is 0.122. The maximum atomic E-state index is 13.1. The van der Waals surface area contributed by atoms with Crippen LogP contribution in [-0.4, -0.2) is 97.0 Å². The summed E-state index contributed by atoms with van der Waals surface area (Å²) in [4.78, 5) is 56.0. The van der Waals surface area contributed by atoms with Crippen molar-refractivity contribution in [2.45, 2.75) is 12.5 Å². The van der Waals surface area contributed by atoms with Crippen molar-refractivity contribution in [1.29, 1.82) is 0 Å². The zero-order valence-corrected chi connectivity index (χ0v) is 19.6. The molecule has 3 aliphatic rings. The van der Waals surface area contributed by atoms with E-state index in [1.807, 2.05) is 4.90 Å². The number of fused-ring (bicyclic) bond motifs is 1. The van der Waals surface area contributed by atoms with Crippen LogP contribution in [0.25, 0.3) is 0 Å². The number of rotatable bonds is 6. The van der Waals surface area contributed by atoms with Crippen LogP contribution in [0.1, 0.15) is 17.0 Å². The number of hydrogen-bond acceptors (Lipinski definition) is 8. The van der Waals surface area contributed by atoms with Crippen molar-refractivity contribution in [2.75, 3.05) is 57.9 Å². The number of piperazine rings is 2. The SMILES string of the molecule is O=C(CC1C(=O)NCCN1C(=O)CN1CCN(C(=O)c2ccco2)CC1)Nc1ccc2c(c1)OCO2. The zero-order valence-electron chi connectivity index (χ0n) is 19.6. The molecular weight excluding hydrogens is 470 g/mol. The number of benzene rings is 1. The lowest BCUT2D eigenvalue weighted by molar-refractivity contribution is -0.145. The van der Waals surface area contributed by atoms with Crippen LogP contribution in [0, 0.1) is 0 Å². The van der Waals surface area contributed by atoms with Crippen molar-refractivity contribution in [1.82, 2.24) is 20.0 Å². The number of ether oxygens (including phenoxy) is 2. The predicted molar refractivity (Wildman–Crippen MR) is 125 cm³/mol. The highest BCUT2D eigenvalue weighted by molar-refractivity contribution is 5.98. The number of anilines is 1. The molecule has 1 aromatic heterocycles. The Labute approximate surface area is 207 Å². The van der Waals surface area contributed by atoms with E-state index in [1.54, 1.807) is 35.2 Å². The summed E-state index contributed by atoms with van der Waals surface area (Å²) in [6, 6.07) is 7.43. The second kappa shape index (κ2) is 10.3. The Kier molecular flexibility index (Phi) is 6.76. The molecule has 2 N–H and O–H groups in total. The van der Waals surface area contributed by atoms with Crippen LogP contribution in [-0.2, 0) is 14.4 Å². The van der Waals surface area contributed by atoms with Crippen molar-refractivity contribution in [2.24, 2.45) is 0 Å². The smallest absolute Gasteiger partial charge is 0.289 e. The molecule has 2 aromatic rings. The van der Waals surface area contributed by atoms with Crippen LogP contribution in [0.15, 0.2) is 41.0 Å². The standard InChI is InChI=1S/C24H27N5O7/c30-21(26-16-3-4-18-20(12-16)36-15-35-18)13-17-23(32)25-5-6-29(17)22(31)14-27-7-9-28(10-8-27)24(33)19-2-1-11-34-19/h1-4,11-12,17H,5-10,13-15H2,(H,25,32)(H,26,30). The van der Waals surface area contributed by atoms with Gasteiger partial charge in [0.05, 0.1) is 19.2 Å². The zero-order chi connectivity index (χ0) is 25.1. The highest BCUT2D eigenvalue weighted by Gasteiger charge is 2.36. The van der Waals surface area contributed by atoms with Gasteiger partial charge in [-0.05, 0) is 24.3 Å². The fourth-order valence-electron chi connectivity index (χ4n) is 4.53. The fourth-order valence-corrected chi connectivity index (χ4v) is 4.53. The van der Waals surface area contributed by atoms with Crippen LogP contribution < -0.4 is 20.1 Å². The lowest BCUT2D eigenvalue weighted by Crippen LogP contribution is -2.60. The molecule has 3 aliphatic heterocycles. The summed E-state index contributed by atoms with van der Waals surface area (Å²) >= 11 is 0. The lowest BCUT2D eigenvalue weighted by atomic mass is 10.1. The highest BCUT2D eigenvalue weighted by Crippen LogP contribution is 2.34. The topological polar surface area (TPSA) is 134 Å². The average Bonchev–Trinajstić information content (AvgIpc) is 3.57. The Hall–Kier alpha value is -4.06. The minimum atomic E-state index is -0.901. The van der Waals surface area contributed by atoms with Gasteiger partial charge in [0.15, 0.2) is 17.3 Å². The van der Waals surface area contributed by atoms with Gasteiger partial charge < -0.3 is 34.3 Å². The Morgan fingerprint density at radius 1 is 1.03 bits per heavy atom. The van der Waals surface area contributed by atoms with Gasteiger partial charge >= 0.3 is 0 Å². The first-order chi connectivity index (χ1) is 17.5. The summed E-state index contributed by atoms with van der Waals surface area (Å²) in [6.45, 7) is 2.86. The summed E-state index contributed by atoms with van der Waals surface area (Å²) in [5.41, 5.74) is 0.514. The van der Waals surface area contributed by atoms with Gasteiger partial charge in [-0.25, -0.2) is 0 Å². The summed E-state index contributed by atoms with van der Waals surface area (Å²) in [6.07, 6.45) is 1.29. The van der Waals surface area contributed by atoms with E-state index in [1.165, 1.54) is 11.2 Å². The minimum Gasteiger partial charge on any atom is -0.459 e. The molecule has 5 rings (SSSR count). The van der Waals surface area contributed by atoms with Crippen LogP contribution in [0.4, 0.5) is 5.69 Å². The molecule has 36 heavy (non-hydrogen) atoms. The molecule has 0 spiro atoms. The van der Waals surface area contributed by atoms with Crippen molar-refractivity contribution in [3.63, 3.8) is 0 Å².